The van der Waals surface area contributed by atoms with Crippen LogP contribution in [-0.2, 0) is 4.79 Å². The normalized spacial score (nSPS) is 16.3. The zero-order valence-electron chi connectivity index (χ0n) is 10.9. The van der Waals surface area contributed by atoms with Crippen LogP contribution in [0.15, 0.2) is 30.3 Å². The number of hydrogen-bond acceptors (Lipinski definition) is 3. The molecule has 0 saturated carbocycles. The highest BCUT2D eigenvalue weighted by atomic mass is 16.2. The Morgan fingerprint density at radius 1 is 1.22 bits per heavy atom. The number of benzene rings is 1. The molecule has 1 heterocycles. The second kappa shape index (κ2) is 6.40. The number of amides is 1. The molecule has 1 amide bonds. The van der Waals surface area contributed by atoms with Crippen molar-refractivity contribution in [3.8, 4) is 0 Å². The monoisotopic (exact) mass is 247 g/mol. The summed E-state index contributed by atoms with van der Waals surface area (Å²) in [6, 6.07) is 9.83. The van der Waals surface area contributed by atoms with E-state index in [1.807, 2.05) is 37.4 Å². The molecule has 0 radical (unpaired) electrons. The number of nitrogens with zero attached hydrogens (tertiary/aromatic N) is 2. The summed E-state index contributed by atoms with van der Waals surface area (Å²) < 4.78 is 0. The van der Waals surface area contributed by atoms with Crippen molar-refractivity contribution in [3.63, 3.8) is 0 Å². The van der Waals surface area contributed by atoms with Crippen LogP contribution >= 0.6 is 0 Å². The zero-order valence-corrected chi connectivity index (χ0v) is 10.9. The molecule has 4 heteroatoms. The van der Waals surface area contributed by atoms with Crippen molar-refractivity contribution < 1.29 is 4.79 Å². The van der Waals surface area contributed by atoms with Gasteiger partial charge in [0.2, 0.25) is 0 Å². The van der Waals surface area contributed by atoms with Crippen LogP contribution in [-0.4, -0.2) is 37.5 Å². The standard InChI is InChI=1S/C14H21N3O/c1-16(13-8-4-2-5-9-13)15-14(18)12-17-10-6-3-7-11-17/h2,4-5,8-9H,3,6-7,10-12H2,1H3,(H,15,18). The van der Waals surface area contributed by atoms with E-state index in [1.54, 1.807) is 5.01 Å². The fourth-order valence-electron chi connectivity index (χ4n) is 2.26. The summed E-state index contributed by atoms with van der Waals surface area (Å²) >= 11 is 0. The number of anilines is 1. The van der Waals surface area contributed by atoms with Gasteiger partial charge in [-0.3, -0.25) is 20.1 Å². The molecule has 1 aliphatic rings. The second-order valence-corrected chi connectivity index (χ2v) is 4.77. The van der Waals surface area contributed by atoms with Crippen LogP contribution < -0.4 is 10.4 Å². The molecule has 1 aliphatic heterocycles. The molecule has 1 aromatic rings. The molecule has 0 atom stereocenters. The van der Waals surface area contributed by atoms with Crippen molar-refractivity contribution in [1.29, 1.82) is 0 Å². The van der Waals surface area contributed by atoms with Gasteiger partial charge >= 0.3 is 0 Å². The van der Waals surface area contributed by atoms with Crippen LogP contribution in [0.1, 0.15) is 19.3 Å². The maximum absolute atomic E-state index is 11.9. The minimum atomic E-state index is 0.0586. The summed E-state index contributed by atoms with van der Waals surface area (Å²) in [5, 5.41) is 1.77. The van der Waals surface area contributed by atoms with Gasteiger partial charge in [0.15, 0.2) is 0 Å². The van der Waals surface area contributed by atoms with Gasteiger partial charge in [-0.15, -0.1) is 0 Å². The van der Waals surface area contributed by atoms with E-state index in [-0.39, 0.29) is 5.91 Å². The Hall–Kier alpha value is -1.55. The largest absolute Gasteiger partial charge is 0.294 e. The first kappa shape index (κ1) is 12.9. The predicted molar refractivity (Wildman–Crippen MR) is 73.3 cm³/mol. The SMILES string of the molecule is CN(NC(=O)CN1CCCCC1)c1ccccc1. The van der Waals surface area contributed by atoms with Gasteiger partial charge in [-0.2, -0.15) is 0 Å². The molecule has 98 valence electrons. The number of likely N-dealkylation sites (tertiary alicyclic amines) is 1. The van der Waals surface area contributed by atoms with E-state index in [4.69, 9.17) is 0 Å². The van der Waals surface area contributed by atoms with E-state index in [1.165, 1.54) is 19.3 Å². The molecule has 1 aromatic carbocycles. The van der Waals surface area contributed by atoms with E-state index in [0.29, 0.717) is 6.54 Å². The molecule has 2 rings (SSSR count). The number of piperidine rings is 1. The van der Waals surface area contributed by atoms with Gasteiger partial charge in [-0.25, -0.2) is 0 Å². The molecule has 0 aliphatic carbocycles. The third-order valence-corrected chi connectivity index (χ3v) is 3.25. The Labute approximate surface area is 109 Å². The summed E-state index contributed by atoms with van der Waals surface area (Å²) in [7, 11) is 1.86. The maximum Gasteiger partial charge on any atom is 0.252 e. The Morgan fingerprint density at radius 2 is 1.89 bits per heavy atom. The quantitative estimate of drug-likeness (QED) is 0.822. The molecular weight excluding hydrogens is 226 g/mol. The van der Waals surface area contributed by atoms with Crippen molar-refractivity contribution in [2.75, 3.05) is 31.7 Å². The average molecular weight is 247 g/mol. The Balaban J connectivity index is 1.80. The summed E-state index contributed by atoms with van der Waals surface area (Å²) in [5.74, 6) is 0.0586. The molecule has 4 nitrogen and oxygen atoms in total. The Bertz CT molecular complexity index is 374. The summed E-state index contributed by atoms with van der Waals surface area (Å²) in [5.41, 5.74) is 3.89. The number of hydrogen-bond donors (Lipinski definition) is 1. The van der Waals surface area contributed by atoms with Crippen LogP contribution in [0, 0.1) is 0 Å². The van der Waals surface area contributed by atoms with Crippen molar-refractivity contribution >= 4 is 11.6 Å². The molecule has 1 saturated heterocycles. The van der Waals surface area contributed by atoms with Crippen molar-refractivity contribution in [1.82, 2.24) is 10.3 Å². The molecular formula is C14H21N3O. The molecule has 18 heavy (non-hydrogen) atoms. The summed E-state index contributed by atoms with van der Waals surface area (Å²) in [6.45, 7) is 2.59. The molecule has 0 spiro atoms. The molecule has 0 bridgehead atoms. The first-order valence-corrected chi connectivity index (χ1v) is 6.56. The fraction of sp³-hybridized carbons (Fsp3) is 0.500. The zero-order chi connectivity index (χ0) is 12.8. The van der Waals surface area contributed by atoms with Crippen LogP contribution in [0.4, 0.5) is 5.69 Å². The first-order chi connectivity index (χ1) is 8.75. The van der Waals surface area contributed by atoms with Gasteiger partial charge in [0.25, 0.3) is 5.91 Å². The van der Waals surface area contributed by atoms with Crippen molar-refractivity contribution in [2.45, 2.75) is 19.3 Å². The fourth-order valence-corrected chi connectivity index (χ4v) is 2.26. The van der Waals surface area contributed by atoms with E-state index in [0.717, 1.165) is 18.8 Å². The van der Waals surface area contributed by atoms with Gasteiger partial charge in [0.1, 0.15) is 0 Å². The molecule has 0 unspecified atom stereocenters. The predicted octanol–water partition coefficient (Wildman–Crippen LogP) is 1.64. The van der Waals surface area contributed by atoms with E-state index in [9.17, 15) is 4.79 Å². The average Bonchev–Trinajstić information content (AvgIpc) is 2.40. The minimum absolute atomic E-state index is 0.0586. The van der Waals surface area contributed by atoms with Crippen LogP contribution in [0.2, 0.25) is 0 Å². The lowest BCUT2D eigenvalue weighted by atomic mass is 10.1. The molecule has 1 N–H and O–H groups in total. The van der Waals surface area contributed by atoms with Crippen molar-refractivity contribution in [3.05, 3.63) is 30.3 Å². The molecule has 1 fully saturated rings. The Kier molecular flexibility index (Phi) is 4.59. The van der Waals surface area contributed by atoms with E-state index in [2.05, 4.69) is 10.3 Å². The van der Waals surface area contributed by atoms with Crippen LogP contribution in [0.3, 0.4) is 0 Å². The lowest BCUT2D eigenvalue weighted by Crippen LogP contribution is -2.46. The van der Waals surface area contributed by atoms with E-state index >= 15 is 0 Å². The number of carbonyl (C=O) groups excluding carboxylic acids is 1. The summed E-state index contributed by atoms with van der Waals surface area (Å²) in [4.78, 5) is 14.1. The third-order valence-electron chi connectivity index (χ3n) is 3.25. The van der Waals surface area contributed by atoms with Gasteiger partial charge in [-0.05, 0) is 38.1 Å². The van der Waals surface area contributed by atoms with Gasteiger partial charge in [0, 0.05) is 7.05 Å². The van der Waals surface area contributed by atoms with Gasteiger partial charge < -0.3 is 0 Å². The lowest BCUT2D eigenvalue weighted by Gasteiger charge is -2.27. The highest BCUT2D eigenvalue weighted by molar-refractivity contribution is 5.79. The smallest absolute Gasteiger partial charge is 0.252 e. The van der Waals surface area contributed by atoms with Crippen molar-refractivity contribution in [2.24, 2.45) is 0 Å². The maximum atomic E-state index is 11.9. The number of carbonyl (C=O) groups is 1. The van der Waals surface area contributed by atoms with Crippen LogP contribution in [0.5, 0.6) is 0 Å². The molecule has 0 aromatic heterocycles. The van der Waals surface area contributed by atoms with E-state index < -0.39 is 0 Å². The number of hydrazine groups is 1. The highest BCUT2D eigenvalue weighted by Gasteiger charge is 2.14. The minimum Gasteiger partial charge on any atom is -0.294 e. The van der Waals surface area contributed by atoms with Gasteiger partial charge in [0.05, 0.1) is 12.2 Å². The first-order valence-electron chi connectivity index (χ1n) is 6.56. The van der Waals surface area contributed by atoms with Gasteiger partial charge in [-0.1, -0.05) is 24.6 Å². The number of para-hydroxylation sites is 1. The Morgan fingerprint density at radius 3 is 2.56 bits per heavy atom. The summed E-state index contributed by atoms with van der Waals surface area (Å²) in [6.07, 6.45) is 3.71. The van der Waals surface area contributed by atoms with Crippen LogP contribution in [0.25, 0.3) is 0 Å². The highest BCUT2D eigenvalue weighted by Crippen LogP contribution is 2.09. The third kappa shape index (κ3) is 3.74. The second-order valence-electron chi connectivity index (χ2n) is 4.77. The number of rotatable bonds is 4. The lowest BCUT2D eigenvalue weighted by molar-refractivity contribution is -0.122. The topological polar surface area (TPSA) is 35.6 Å². The number of nitrogens with one attached hydrogen (secondary N) is 1.